The van der Waals surface area contributed by atoms with E-state index >= 15 is 0 Å². The molecule has 0 bridgehead atoms. The second-order valence-corrected chi connectivity index (χ2v) is 7.59. The molecule has 1 aliphatic carbocycles. The van der Waals surface area contributed by atoms with Crippen LogP contribution in [0.15, 0.2) is 18.2 Å². The van der Waals surface area contributed by atoms with Crippen LogP contribution in [0.2, 0.25) is 0 Å². The van der Waals surface area contributed by atoms with Crippen LogP contribution >= 0.6 is 0 Å². The van der Waals surface area contributed by atoms with Gasteiger partial charge in [0.15, 0.2) is 0 Å². The SMILES string of the molecule is COc1ccc(C2c3c(n[nH]c3C)Oc3nc4c(c(N)c32)CCCC4)c(OC)c1. The summed E-state index contributed by atoms with van der Waals surface area (Å²) in [5.74, 6) is 2.36. The number of ether oxygens (including phenoxy) is 3. The Kier molecular flexibility index (Phi) is 4.12. The van der Waals surface area contributed by atoms with Crippen molar-refractivity contribution in [1.82, 2.24) is 15.2 Å². The first-order chi connectivity index (χ1) is 14.1. The maximum absolute atomic E-state index is 6.76. The van der Waals surface area contributed by atoms with E-state index in [0.29, 0.717) is 11.8 Å². The summed E-state index contributed by atoms with van der Waals surface area (Å²) in [7, 11) is 3.31. The van der Waals surface area contributed by atoms with Gasteiger partial charge in [0.2, 0.25) is 11.8 Å². The smallest absolute Gasteiger partial charge is 0.244 e. The van der Waals surface area contributed by atoms with E-state index in [2.05, 4.69) is 10.2 Å². The number of H-pyrrole nitrogens is 1. The van der Waals surface area contributed by atoms with Crippen LogP contribution in [0.4, 0.5) is 5.69 Å². The van der Waals surface area contributed by atoms with Crippen LogP contribution in [-0.4, -0.2) is 29.4 Å². The second kappa shape index (κ2) is 6.69. The number of rotatable bonds is 3. The topological polar surface area (TPSA) is 95.3 Å². The molecule has 2 aliphatic rings. The van der Waals surface area contributed by atoms with Crippen LogP contribution in [-0.2, 0) is 12.8 Å². The minimum absolute atomic E-state index is 0.187. The van der Waals surface area contributed by atoms with Gasteiger partial charge in [-0.1, -0.05) is 6.07 Å². The number of nitrogens with zero attached hydrogens (tertiary/aromatic N) is 2. The number of anilines is 1. The molecule has 1 atom stereocenters. The average molecular weight is 392 g/mol. The fourth-order valence-corrected chi connectivity index (χ4v) is 4.56. The summed E-state index contributed by atoms with van der Waals surface area (Å²) in [6.07, 6.45) is 4.13. The standard InChI is InChI=1S/C22H24N4O3/c1-11-17-18(14-9-8-12(27-2)10-16(14)28-3)19-20(23)13-6-4-5-7-15(13)24-21(19)29-22(17)26-25-11/h8-10,18H,4-7H2,1-3H3,(H2,23,24)(H,25,26). The van der Waals surface area contributed by atoms with Crippen molar-refractivity contribution in [1.29, 1.82) is 0 Å². The fourth-order valence-electron chi connectivity index (χ4n) is 4.56. The van der Waals surface area contributed by atoms with Crippen molar-refractivity contribution in [2.75, 3.05) is 20.0 Å². The number of hydrogen-bond acceptors (Lipinski definition) is 6. The van der Waals surface area contributed by atoms with Crippen molar-refractivity contribution >= 4 is 5.69 Å². The summed E-state index contributed by atoms with van der Waals surface area (Å²) in [4.78, 5) is 4.87. The van der Waals surface area contributed by atoms with Crippen LogP contribution in [0.3, 0.4) is 0 Å². The Labute approximate surface area is 169 Å². The Morgan fingerprint density at radius 1 is 1.10 bits per heavy atom. The zero-order valence-electron chi connectivity index (χ0n) is 16.8. The van der Waals surface area contributed by atoms with Gasteiger partial charge in [-0.05, 0) is 44.2 Å². The first-order valence-electron chi connectivity index (χ1n) is 9.88. The van der Waals surface area contributed by atoms with E-state index in [9.17, 15) is 0 Å². The summed E-state index contributed by atoms with van der Waals surface area (Å²) in [6, 6.07) is 5.85. The number of aromatic amines is 1. The second-order valence-electron chi connectivity index (χ2n) is 7.59. The van der Waals surface area contributed by atoms with Gasteiger partial charge in [0.05, 0.1) is 25.7 Å². The van der Waals surface area contributed by atoms with Crippen LogP contribution in [0.5, 0.6) is 23.3 Å². The van der Waals surface area contributed by atoms with E-state index in [0.717, 1.165) is 76.5 Å². The molecule has 1 aliphatic heterocycles. The Bertz CT molecular complexity index is 1110. The normalized spacial score (nSPS) is 17.0. The fraction of sp³-hybridized carbons (Fsp3) is 0.364. The van der Waals surface area contributed by atoms with E-state index < -0.39 is 0 Å². The van der Waals surface area contributed by atoms with Crippen molar-refractivity contribution in [2.24, 2.45) is 0 Å². The molecular formula is C22H24N4O3. The van der Waals surface area contributed by atoms with Gasteiger partial charge >= 0.3 is 0 Å². The molecule has 150 valence electrons. The molecule has 29 heavy (non-hydrogen) atoms. The van der Waals surface area contributed by atoms with E-state index in [1.165, 1.54) is 0 Å². The molecule has 0 spiro atoms. The number of aromatic nitrogens is 3. The van der Waals surface area contributed by atoms with Crippen LogP contribution in [0, 0.1) is 6.92 Å². The highest BCUT2D eigenvalue weighted by Gasteiger charge is 2.38. The minimum atomic E-state index is -0.187. The number of hydrogen-bond donors (Lipinski definition) is 2. The molecule has 0 radical (unpaired) electrons. The lowest BCUT2D eigenvalue weighted by molar-refractivity contribution is 0.387. The largest absolute Gasteiger partial charge is 0.497 e. The minimum Gasteiger partial charge on any atom is -0.497 e. The molecule has 3 aromatic rings. The summed E-state index contributed by atoms with van der Waals surface area (Å²) in [5, 5.41) is 7.42. The Morgan fingerprint density at radius 2 is 1.93 bits per heavy atom. The third kappa shape index (κ3) is 2.64. The quantitative estimate of drug-likeness (QED) is 0.549. The predicted octanol–water partition coefficient (Wildman–Crippen LogP) is 3.88. The Morgan fingerprint density at radius 3 is 2.72 bits per heavy atom. The van der Waals surface area contributed by atoms with Crippen molar-refractivity contribution in [2.45, 2.75) is 38.5 Å². The number of nitrogens with two attached hydrogens (primary N) is 1. The number of aryl methyl sites for hydroxylation is 2. The average Bonchev–Trinajstić information content (AvgIpc) is 3.12. The maximum atomic E-state index is 6.76. The zero-order chi connectivity index (χ0) is 20.1. The predicted molar refractivity (Wildman–Crippen MR) is 109 cm³/mol. The molecular weight excluding hydrogens is 368 g/mol. The van der Waals surface area contributed by atoms with E-state index in [1.807, 2.05) is 25.1 Å². The number of methoxy groups -OCH3 is 2. The lowest BCUT2D eigenvalue weighted by atomic mass is 9.80. The van der Waals surface area contributed by atoms with Gasteiger partial charge in [-0.25, -0.2) is 4.98 Å². The number of nitrogens with one attached hydrogen (secondary N) is 1. The van der Waals surface area contributed by atoms with Gasteiger partial charge < -0.3 is 19.9 Å². The Balaban J connectivity index is 1.79. The third-order valence-electron chi connectivity index (χ3n) is 6.00. The molecule has 2 aromatic heterocycles. The van der Waals surface area contributed by atoms with E-state index in [4.69, 9.17) is 24.9 Å². The van der Waals surface area contributed by atoms with Crippen LogP contribution in [0.25, 0.3) is 0 Å². The highest BCUT2D eigenvalue weighted by Crippen LogP contribution is 2.52. The van der Waals surface area contributed by atoms with Gasteiger partial charge in [0.1, 0.15) is 11.5 Å². The van der Waals surface area contributed by atoms with E-state index in [-0.39, 0.29) is 5.92 Å². The first-order valence-corrected chi connectivity index (χ1v) is 9.88. The van der Waals surface area contributed by atoms with Gasteiger partial charge in [-0.3, -0.25) is 5.10 Å². The molecule has 3 N–H and O–H groups in total. The molecule has 1 unspecified atom stereocenters. The lowest BCUT2D eigenvalue weighted by Gasteiger charge is -2.30. The molecule has 1 aromatic carbocycles. The highest BCUT2D eigenvalue weighted by atomic mass is 16.5. The maximum Gasteiger partial charge on any atom is 0.244 e. The molecule has 0 saturated heterocycles. The molecule has 7 heteroatoms. The summed E-state index contributed by atoms with van der Waals surface area (Å²) in [5.41, 5.74) is 13.5. The van der Waals surface area contributed by atoms with Gasteiger partial charge in [0.25, 0.3) is 0 Å². The number of nitrogen functional groups attached to an aromatic ring is 1. The molecule has 7 nitrogen and oxygen atoms in total. The van der Waals surface area contributed by atoms with Crippen molar-refractivity contribution in [3.63, 3.8) is 0 Å². The zero-order valence-corrected chi connectivity index (χ0v) is 16.8. The third-order valence-corrected chi connectivity index (χ3v) is 6.00. The van der Waals surface area contributed by atoms with Gasteiger partial charge in [0, 0.05) is 34.3 Å². The van der Waals surface area contributed by atoms with Crippen molar-refractivity contribution < 1.29 is 14.2 Å². The van der Waals surface area contributed by atoms with Gasteiger partial charge in [-0.15, -0.1) is 5.10 Å². The van der Waals surface area contributed by atoms with Crippen LogP contribution < -0.4 is 19.9 Å². The van der Waals surface area contributed by atoms with Gasteiger partial charge in [-0.2, -0.15) is 0 Å². The monoisotopic (exact) mass is 392 g/mol. The number of fused-ring (bicyclic) bond motifs is 3. The molecule has 3 heterocycles. The number of pyridine rings is 1. The van der Waals surface area contributed by atoms with E-state index in [1.54, 1.807) is 14.2 Å². The summed E-state index contributed by atoms with van der Waals surface area (Å²) >= 11 is 0. The molecule has 5 rings (SSSR count). The molecule has 0 fully saturated rings. The first kappa shape index (κ1) is 17.8. The lowest BCUT2D eigenvalue weighted by Crippen LogP contribution is -2.20. The highest BCUT2D eigenvalue weighted by molar-refractivity contribution is 5.70. The summed E-state index contributed by atoms with van der Waals surface area (Å²) in [6.45, 7) is 1.99. The molecule has 0 amide bonds. The summed E-state index contributed by atoms with van der Waals surface area (Å²) < 4.78 is 17.2. The number of benzene rings is 1. The van der Waals surface area contributed by atoms with Crippen molar-refractivity contribution in [3.8, 4) is 23.3 Å². The van der Waals surface area contributed by atoms with Crippen LogP contribution in [0.1, 0.15) is 52.4 Å². The van der Waals surface area contributed by atoms with Crippen molar-refractivity contribution in [3.05, 3.63) is 51.8 Å². The molecule has 0 saturated carbocycles. The Hall–Kier alpha value is -3.22.